The SMILES string of the molecule is COc1ccc(NC(=O)C(C)SCCO)cc1OC. The second-order valence-corrected chi connectivity index (χ2v) is 5.24. The molecule has 1 unspecified atom stereocenters. The molecule has 1 amide bonds. The molecule has 106 valence electrons. The minimum absolute atomic E-state index is 0.0681. The zero-order valence-electron chi connectivity index (χ0n) is 11.3. The van der Waals surface area contributed by atoms with Crippen LogP contribution in [0.3, 0.4) is 0 Å². The molecule has 0 aliphatic rings. The van der Waals surface area contributed by atoms with Crippen LogP contribution in [0, 0.1) is 0 Å². The third kappa shape index (κ3) is 4.65. The van der Waals surface area contributed by atoms with Gasteiger partial charge < -0.3 is 19.9 Å². The highest BCUT2D eigenvalue weighted by molar-refractivity contribution is 8.00. The van der Waals surface area contributed by atoms with Gasteiger partial charge in [-0.25, -0.2) is 0 Å². The maximum atomic E-state index is 11.9. The predicted molar refractivity (Wildman–Crippen MR) is 77.2 cm³/mol. The second kappa shape index (κ2) is 7.91. The number of hydrogen-bond donors (Lipinski definition) is 2. The van der Waals surface area contributed by atoms with Crippen molar-refractivity contribution in [2.24, 2.45) is 0 Å². The third-order valence-electron chi connectivity index (χ3n) is 2.48. The number of methoxy groups -OCH3 is 2. The molecular weight excluding hydrogens is 266 g/mol. The van der Waals surface area contributed by atoms with Crippen molar-refractivity contribution in [1.82, 2.24) is 0 Å². The van der Waals surface area contributed by atoms with E-state index in [-0.39, 0.29) is 17.8 Å². The first-order valence-electron chi connectivity index (χ1n) is 5.87. The Kier molecular flexibility index (Phi) is 6.52. The summed E-state index contributed by atoms with van der Waals surface area (Å²) in [6, 6.07) is 5.20. The quantitative estimate of drug-likeness (QED) is 0.799. The molecule has 0 fully saturated rings. The molecule has 0 spiro atoms. The van der Waals surface area contributed by atoms with Gasteiger partial charge in [-0.1, -0.05) is 0 Å². The van der Waals surface area contributed by atoms with Crippen LogP contribution in [0.15, 0.2) is 18.2 Å². The molecule has 1 rings (SSSR count). The van der Waals surface area contributed by atoms with Gasteiger partial charge in [0.25, 0.3) is 0 Å². The number of ether oxygens (including phenoxy) is 2. The van der Waals surface area contributed by atoms with Crippen LogP contribution in [0.25, 0.3) is 0 Å². The molecule has 0 radical (unpaired) electrons. The van der Waals surface area contributed by atoms with Gasteiger partial charge in [-0.05, 0) is 19.1 Å². The van der Waals surface area contributed by atoms with E-state index in [2.05, 4.69) is 5.32 Å². The summed E-state index contributed by atoms with van der Waals surface area (Å²) in [6.45, 7) is 1.87. The Morgan fingerprint density at radius 1 is 1.37 bits per heavy atom. The van der Waals surface area contributed by atoms with Crippen molar-refractivity contribution in [2.75, 3.05) is 31.9 Å². The summed E-state index contributed by atoms with van der Waals surface area (Å²) in [5.41, 5.74) is 0.652. The van der Waals surface area contributed by atoms with Crippen LogP contribution in [-0.2, 0) is 4.79 Å². The molecule has 19 heavy (non-hydrogen) atoms. The van der Waals surface area contributed by atoms with E-state index in [1.165, 1.54) is 11.8 Å². The molecule has 0 saturated heterocycles. The number of carbonyl (C=O) groups excluding carboxylic acids is 1. The standard InChI is InChI=1S/C13H19NO4S/c1-9(19-7-6-15)13(16)14-10-4-5-11(17-2)12(8-10)18-3/h4-5,8-9,15H,6-7H2,1-3H3,(H,14,16). The fraction of sp³-hybridized carbons (Fsp3) is 0.462. The van der Waals surface area contributed by atoms with Crippen LogP contribution < -0.4 is 14.8 Å². The van der Waals surface area contributed by atoms with Crippen molar-refractivity contribution in [3.63, 3.8) is 0 Å². The maximum absolute atomic E-state index is 11.9. The van der Waals surface area contributed by atoms with Gasteiger partial charge in [0, 0.05) is 17.5 Å². The number of amides is 1. The Labute approximate surface area is 117 Å². The van der Waals surface area contributed by atoms with E-state index in [1.807, 2.05) is 0 Å². The van der Waals surface area contributed by atoms with E-state index in [4.69, 9.17) is 14.6 Å². The molecule has 1 atom stereocenters. The van der Waals surface area contributed by atoms with Crippen LogP contribution in [-0.4, -0.2) is 42.8 Å². The average molecular weight is 285 g/mol. The molecule has 0 aliphatic carbocycles. The Balaban J connectivity index is 2.69. The van der Waals surface area contributed by atoms with Crippen LogP contribution in [0.2, 0.25) is 0 Å². The Morgan fingerprint density at radius 2 is 2.05 bits per heavy atom. The van der Waals surface area contributed by atoms with Crippen molar-refractivity contribution in [3.05, 3.63) is 18.2 Å². The number of aliphatic hydroxyl groups is 1. The van der Waals surface area contributed by atoms with Crippen LogP contribution >= 0.6 is 11.8 Å². The maximum Gasteiger partial charge on any atom is 0.237 e. The highest BCUT2D eigenvalue weighted by Gasteiger charge is 2.14. The van der Waals surface area contributed by atoms with E-state index < -0.39 is 0 Å². The number of thioether (sulfide) groups is 1. The summed E-state index contributed by atoms with van der Waals surface area (Å²) in [5.74, 6) is 1.62. The lowest BCUT2D eigenvalue weighted by Crippen LogP contribution is -2.23. The third-order valence-corrected chi connectivity index (χ3v) is 3.61. The lowest BCUT2D eigenvalue weighted by Gasteiger charge is -2.13. The monoisotopic (exact) mass is 285 g/mol. The first-order chi connectivity index (χ1) is 9.12. The summed E-state index contributed by atoms with van der Waals surface area (Å²) < 4.78 is 10.3. The highest BCUT2D eigenvalue weighted by atomic mass is 32.2. The number of benzene rings is 1. The van der Waals surface area contributed by atoms with Crippen molar-refractivity contribution in [3.8, 4) is 11.5 Å². The molecule has 6 heteroatoms. The lowest BCUT2D eigenvalue weighted by atomic mass is 10.2. The summed E-state index contributed by atoms with van der Waals surface area (Å²) in [7, 11) is 3.10. The molecule has 1 aromatic rings. The van der Waals surface area contributed by atoms with Crippen LogP contribution in [0.5, 0.6) is 11.5 Å². The molecule has 0 bridgehead atoms. The molecule has 0 heterocycles. The summed E-state index contributed by atoms with van der Waals surface area (Å²) in [5, 5.41) is 11.3. The van der Waals surface area contributed by atoms with E-state index in [1.54, 1.807) is 39.3 Å². The number of rotatable bonds is 7. The fourth-order valence-corrected chi connectivity index (χ4v) is 2.13. The Bertz CT molecular complexity index is 425. The largest absolute Gasteiger partial charge is 0.493 e. The molecule has 0 saturated carbocycles. The first-order valence-corrected chi connectivity index (χ1v) is 6.92. The molecule has 1 aromatic carbocycles. The van der Waals surface area contributed by atoms with Crippen LogP contribution in [0.4, 0.5) is 5.69 Å². The molecule has 5 nitrogen and oxygen atoms in total. The van der Waals surface area contributed by atoms with Gasteiger partial charge in [0.15, 0.2) is 11.5 Å². The molecule has 2 N–H and O–H groups in total. The second-order valence-electron chi connectivity index (χ2n) is 3.80. The topological polar surface area (TPSA) is 67.8 Å². The number of carbonyl (C=O) groups is 1. The summed E-state index contributed by atoms with van der Waals surface area (Å²) in [4.78, 5) is 11.9. The minimum Gasteiger partial charge on any atom is -0.493 e. The first kappa shape index (κ1) is 15.7. The summed E-state index contributed by atoms with van der Waals surface area (Å²) in [6.07, 6.45) is 0. The number of anilines is 1. The van der Waals surface area contributed by atoms with Crippen molar-refractivity contribution < 1.29 is 19.4 Å². The Hall–Kier alpha value is -1.40. The molecule has 0 aromatic heterocycles. The van der Waals surface area contributed by atoms with Gasteiger partial charge in [-0.15, -0.1) is 11.8 Å². The molecule has 0 aliphatic heterocycles. The molecular formula is C13H19NO4S. The van der Waals surface area contributed by atoms with E-state index in [0.29, 0.717) is 22.9 Å². The van der Waals surface area contributed by atoms with Gasteiger partial charge in [-0.2, -0.15) is 0 Å². The highest BCUT2D eigenvalue weighted by Crippen LogP contribution is 2.30. The smallest absolute Gasteiger partial charge is 0.237 e. The number of aliphatic hydroxyl groups excluding tert-OH is 1. The number of nitrogens with one attached hydrogen (secondary N) is 1. The zero-order chi connectivity index (χ0) is 14.3. The van der Waals surface area contributed by atoms with Gasteiger partial charge in [0.1, 0.15) is 0 Å². The van der Waals surface area contributed by atoms with Gasteiger partial charge in [-0.3, -0.25) is 4.79 Å². The van der Waals surface area contributed by atoms with Crippen molar-refractivity contribution in [1.29, 1.82) is 0 Å². The van der Waals surface area contributed by atoms with Gasteiger partial charge in [0.05, 0.1) is 26.1 Å². The minimum atomic E-state index is -0.222. The van der Waals surface area contributed by atoms with Crippen molar-refractivity contribution >= 4 is 23.4 Å². The van der Waals surface area contributed by atoms with Gasteiger partial charge >= 0.3 is 0 Å². The van der Waals surface area contributed by atoms with E-state index >= 15 is 0 Å². The predicted octanol–water partition coefficient (Wildman–Crippen LogP) is 1.76. The fourth-order valence-electron chi connectivity index (χ4n) is 1.46. The Morgan fingerprint density at radius 3 is 2.63 bits per heavy atom. The lowest BCUT2D eigenvalue weighted by molar-refractivity contribution is -0.115. The van der Waals surface area contributed by atoms with Gasteiger partial charge in [0.2, 0.25) is 5.91 Å². The zero-order valence-corrected chi connectivity index (χ0v) is 12.1. The van der Waals surface area contributed by atoms with E-state index in [9.17, 15) is 4.79 Å². The average Bonchev–Trinajstić information content (AvgIpc) is 2.44. The van der Waals surface area contributed by atoms with Crippen LogP contribution in [0.1, 0.15) is 6.92 Å². The summed E-state index contributed by atoms with van der Waals surface area (Å²) >= 11 is 1.40. The number of hydrogen-bond acceptors (Lipinski definition) is 5. The normalized spacial score (nSPS) is 11.8. The van der Waals surface area contributed by atoms with E-state index in [0.717, 1.165) is 0 Å². The van der Waals surface area contributed by atoms with Crippen molar-refractivity contribution in [2.45, 2.75) is 12.2 Å².